The van der Waals surface area contributed by atoms with E-state index < -0.39 is 10.2 Å². The standard InChI is InChI=1S/C17H26N2O3S/c1-14-12-18(13-15(2)22-14)23(20,21)19-10-6-9-17(19)11-16-7-4-3-5-8-16/h3-5,7-8,14-15,17H,6,9-13H2,1-2H3. The molecule has 0 bridgehead atoms. The molecule has 1 aromatic carbocycles. The second-order valence-electron chi connectivity index (χ2n) is 6.68. The highest BCUT2D eigenvalue weighted by atomic mass is 32.2. The zero-order chi connectivity index (χ0) is 16.4. The summed E-state index contributed by atoms with van der Waals surface area (Å²) in [4.78, 5) is 0. The fraction of sp³-hybridized carbons (Fsp3) is 0.647. The molecule has 2 heterocycles. The summed E-state index contributed by atoms with van der Waals surface area (Å²) < 4.78 is 35.1. The van der Waals surface area contributed by atoms with Crippen molar-refractivity contribution in [2.45, 2.75) is 51.4 Å². The molecule has 23 heavy (non-hydrogen) atoms. The summed E-state index contributed by atoms with van der Waals surface area (Å²) >= 11 is 0. The molecule has 0 saturated carbocycles. The lowest BCUT2D eigenvalue weighted by atomic mass is 10.1. The molecule has 2 aliphatic heterocycles. The summed E-state index contributed by atoms with van der Waals surface area (Å²) in [5, 5.41) is 0. The summed E-state index contributed by atoms with van der Waals surface area (Å²) in [6.07, 6.45) is 2.55. The summed E-state index contributed by atoms with van der Waals surface area (Å²) in [5.41, 5.74) is 1.20. The molecule has 3 rings (SSSR count). The van der Waals surface area contributed by atoms with Gasteiger partial charge in [0.25, 0.3) is 10.2 Å². The van der Waals surface area contributed by atoms with Crippen molar-refractivity contribution in [2.24, 2.45) is 0 Å². The Kier molecular flexibility index (Phi) is 5.06. The molecule has 2 aliphatic rings. The molecule has 0 radical (unpaired) electrons. The molecule has 5 nitrogen and oxygen atoms in total. The van der Waals surface area contributed by atoms with Gasteiger partial charge in [-0.2, -0.15) is 17.0 Å². The molecule has 0 spiro atoms. The first-order valence-corrected chi connectivity index (χ1v) is 9.83. The largest absolute Gasteiger partial charge is 0.373 e. The Hall–Kier alpha value is -0.950. The first-order chi connectivity index (χ1) is 11.0. The third-order valence-electron chi connectivity index (χ3n) is 4.65. The van der Waals surface area contributed by atoms with E-state index in [2.05, 4.69) is 12.1 Å². The van der Waals surface area contributed by atoms with Crippen LogP contribution in [0.2, 0.25) is 0 Å². The van der Waals surface area contributed by atoms with Crippen molar-refractivity contribution in [1.82, 2.24) is 8.61 Å². The van der Waals surface area contributed by atoms with Gasteiger partial charge in [0.1, 0.15) is 0 Å². The van der Waals surface area contributed by atoms with E-state index in [1.54, 1.807) is 8.61 Å². The van der Waals surface area contributed by atoms with Crippen molar-refractivity contribution in [3.63, 3.8) is 0 Å². The van der Waals surface area contributed by atoms with Gasteiger partial charge in [-0.25, -0.2) is 0 Å². The lowest BCUT2D eigenvalue weighted by Crippen LogP contribution is -2.54. The average molecular weight is 338 g/mol. The third kappa shape index (κ3) is 3.76. The smallest absolute Gasteiger partial charge is 0.282 e. The summed E-state index contributed by atoms with van der Waals surface area (Å²) in [5.74, 6) is 0. The predicted molar refractivity (Wildman–Crippen MR) is 90.4 cm³/mol. The molecule has 0 amide bonds. The van der Waals surface area contributed by atoms with Crippen molar-refractivity contribution in [2.75, 3.05) is 19.6 Å². The van der Waals surface area contributed by atoms with E-state index in [1.807, 2.05) is 32.0 Å². The molecule has 3 unspecified atom stereocenters. The van der Waals surface area contributed by atoms with Crippen molar-refractivity contribution < 1.29 is 13.2 Å². The Morgan fingerprint density at radius 3 is 2.43 bits per heavy atom. The van der Waals surface area contributed by atoms with Crippen molar-refractivity contribution in [3.8, 4) is 0 Å². The minimum Gasteiger partial charge on any atom is -0.373 e. The summed E-state index contributed by atoms with van der Waals surface area (Å²) in [6.45, 7) is 5.38. The molecular weight excluding hydrogens is 312 g/mol. The summed E-state index contributed by atoms with van der Waals surface area (Å²) in [6, 6.07) is 10.2. The van der Waals surface area contributed by atoms with E-state index in [0.29, 0.717) is 19.6 Å². The van der Waals surface area contributed by atoms with Gasteiger partial charge in [-0.15, -0.1) is 0 Å². The topological polar surface area (TPSA) is 49.9 Å². The normalized spacial score (nSPS) is 30.6. The highest BCUT2D eigenvalue weighted by Gasteiger charge is 2.40. The molecule has 1 aromatic rings. The lowest BCUT2D eigenvalue weighted by molar-refractivity contribution is -0.0455. The fourth-order valence-electron chi connectivity index (χ4n) is 3.67. The van der Waals surface area contributed by atoms with Gasteiger partial charge in [-0.1, -0.05) is 30.3 Å². The minimum absolute atomic E-state index is 0.0521. The van der Waals surface area contributed by atoms with Crippen LogP contribution in [0, 0.1) is 0 Å². The van der Waals surface area contributed by atoms with E-state index in [-0.39, 0.29) is 18.2 Å². The van der Waals surface area contributed by atoms with Crippen LogP contribution in [-0.2, 0) is 21.4 Å². The minimum atomic E-state index is -3.41. The zero-order valence-corrected chi connectivity index (χ0v) is 14.7. The van der Waals surface area contributed by atoms with Crippen molar-refractivity contribution in [1.29, 1.82) is 0 Å². The van der Waals surface area contributed by atoms with Crippen LogP contribution in [0.1, 0.15) is 32.3 Å². The predicted octanol–water partition coefficient (Wildman–Crippen LogP) is 2.05. The van der Waals surface area contributed by atoms with Gasteiger partial charge >= 0.3 is 0 Å². The second kappa shape index (κ2) is 6.89. The number of ether oxygens (including phenoxy) is 1. The van der Waals surface area contributed by atoms with Gasteiger partial charge in [-0.05, 0) is 38.7 Å². The summed E-state index contributed by atoms with van der Waals surface area (Å²) in [7, 11) is -3.41. The second-order valence-corrected chi connectivity index (χ2v) is 8.56. The quantitative estimate of drug-likeness (QED) is 0.844. The van der Waals surface area contributed by atoms with Crippen LogP contribution in [0.25, 0.3) is 0 Å². The molecule has 0 aliphatic carbocycles. The Morgan fingerprint density at radius 1 is 1.13 bits per heavy atom. The Balaban J connectivity index is 1.75. The number of hydrogen-bond donors (Lipinski definition) is 0. The molecular formula is C17H26N2O3S. The SMILES string of the molecule is CC1CN(S(=O)(=O)N2CCCC2Cc2ccccc2)CC(C)O1. The Morgan fingerprint density at radius 2 is 1.78 bits per heavy atom. The van der Waals surface area contributed by atoms with Crippen LogP contribution in [0.5, 0.6) is 0 Å². The highest BCUT2D eigenvalue weighted by molar-refractivity contribution is 7.86. The van der Waals surface area contributed by atoms with Crippen LogP contribution in [0.3, 0.4) is 0 Å². The van der Waals surface area contributed by atoms with E-state index >= 15 is 0 Å². The van der Waals surface area contributed by atoms with Gasteiger partial charge in [0.15, 0.2) is 0 Å². The fourth-order valence-corrected chi connectivity index (χ4v) is 5.68. The third-order valence-corrected chi connectivity index (χ3v) is 6.67. The van der Waals surface area contributed by atoms with Crippen LogP contribution < -0.4 is 0 Å². The first kappa shape index (κ1) is 16.9. The van der Waals surface area contributed by atoms with Gasteiger partial charge in [0.05, 0.1) is 12.2 Å². The molecule has 0 aromatic heterocycles. The van der Waals surface area contributed by atoms with E-state index in [9.17, 15) is 8.42 Å². The Labute approximate surface area is 139 Å². The molecule has 2 fully saturated rings. The van der Waals surface area contributed by atoms with E-state index in [4.69, 9.17) is 4.74 Å². The zero-order valence-electron chi connectivity index (χ0n) is 13.9. The van der Waals surface area contributed by atoms with Gasteiger partial charge in [0, 0.05) is 25.7 Å². The van der Waals surface area contributed by atoms with Crippen molar-refractivity contribution >= 4 is 10.2 Å². The van der Waals surface area contributed by atoms with Crippen LogP contribution in [0.15, 0.2) is 30.3 Å². The van der Waals surface area contributed by atoms with E-state index in [0.717, 1.165) is 19.3 Å². The number of hydrogen-bond acceptors (Lipinski definition) is 3. The van der Waals surface area contributed by atoms with Gasteiger partial charge in [-0.3, -0.25) is 0 Å². The molecule has 2 saturated heterocycles. The van der Waals surface area contributed by atoms with Gasteiger partial charge in [0.2, 0.25) is 0 Å². The number of nitrogens with zero attached hydrogens (tertiary/aromatic N) is 2. The number of rotatable bonds is 4. The number of morpholine rings is 1. The van der Waals surface area contributed by atoms with Crippen molar-refractivity contribution in [3.05, 3.63) is 35.9 Å². The maximum atomic E-state index is 13.1. The maximum Gasteiger partial charge on any atom is 0.282 e. The highest BCUT2D eigenvalue weighted by Crippen LogP contribution is 2.27. The molecule has 128 valence electrons. The monoisotopic (exact) mass is 338 g/mol. The molecule has 3 atom stereocenters. The molecule has 6 heteroatoms. The van der Waals surface area contributed by atoms with E-state index in [1.165, 1.54) is 5.56 Å². The first-order valence-electron chi connectivity index (χ1n) is 8.43. The molecule has 0 N–H and O–H groups in total. The number of benzene rings is 1. The van der Waals surface area contributed by atoms with Gasteiger partial charge < -0.3 is 4.74 Å². The maximum absolute atomic E-state index is 13.1. The lowest BCUT2D eigenvalue weighted by Gasteiger charge is -2.37. The Bertz CT molecular complexity index is 610. The average Bonchev–Trinajstić information content (AvgIpc) is 2.96. The van der Waals surface area contributed by atoms with Crippen LogP contribution >= 0.6 is 0 Å². The van der Waals surface area contributed by atoms with Crippen LogP contribution in [-0.4, -0.2) is 54.9 Å². The van der Waals surface area contributed by atoms with Crippen LogP contribution in [0.4, 0.5) is 0 Å².